The maximum Gasteiger partial charge on any atom is 0.271 e. The average Bonchev–Trinajstić information content (AvgIpc) is 2.56. The molecule has 0 fully saturated rings. The third-order valence-electron chi connectivity index (χ3n) is 2.68. The number of aromatic nitrogens is 1. The van der Waals surface area contributed by atoms with Crippen LogP contribution in [0.15, 0.2) is 24.4 Å². The van der Waals surface area contributed by atoms with Crippen molar-refractivity contribution < 1.29 is 4.92 Å². The molecule has 0 saturated carbocycles. The Bertz CT molecular complexity index is 545. The van der Waals surface area contributed by atoms with Gasteiger partial charge in [0, 0.05) is 30.8 Å². The predicted octanol–water partition coefficient (Wildman–Crippen LogP) is 1.59. The third kappa shape index (κ3) is 1.65. The summed E-state index contributed by atoms with van der Waals surface area (Å²) >= 11 is 0. The van der Waals surface area contributed by atoms with Crippen LogP contribution in [0.1, 0.15) is 5.56 Å². The van der Waals surface area contributed by atoms with E-state index in [1.165, 1.54) is 6.07 Å². The number of benzene rings is 1. The number of rotatable bonds is 3. The molecular formula is C11H13N3O2. The smallest absolute Gasteiger partial charge is 0.271 e. The van der Waals surface area contributed by atoms with E-state index in [2.05, 4.69) is 0 Å². The van der Waals surface area contributed by atoms with Crippen molar-refractivity contribution >= 4 is 16.6 Å². The average molecular weight is 219 g/mol. The van der Waals surface area contributed by atoms with Crippen molar-refractivity contribution in [3.8, 4) is 0 Å². The lowest BCUT2D eigenvalue weighted by atomic mass is 10.1. The highest BCUT2D eigenvalue weighted by Gasteiger charge is 2.11. The van der Waals surface area contributed by atoms with E-state index >= 15 is 0 Å². The Labute approximate surface area is 92.6 Å². The molecule has 0 aliphatic rings. The van der Waals surface area contributed by atoms with Crippen LogP contribution < -0.4 is 5.73 Å². The molecule has 0 amide bonds. The number of nitrogens with zero attached hydrogens (tertiary/aromatic N) is 2. The van der Waals surface area contributed by atoms with Crippen molar-refractivity contribution in [2.24, 2.45) is 12.8 Å². The summed E-state index contributed by atoms with van der Waals surface area (Å²) in [6.45, 7) is 0.579. The number of nitrogens with two attached hydrogens (primary N) is 1. The van der Waals surface area contributed by atoms with Crippen LogP contribution in [-0.4, -0.2) is 16.0 Å². The fourth-order valence-electron chi connectivity index (χ4n) is 1.92. The molecule has 0 aliphatic carbocycles. The van der Waals surface area contributed by atoms with Gasteiger partial charge in [-0.2, -0.15) is 0 Å². The van der Waals surface area contributed by atoms with E-state index in [-0.39, 0.29) is 10.6 Å². The molecule has 0 saturated heterocycles. The molecule has 5 nitrogen and oxygen atoms in total. The SMILES string of the molecule is Cn1cc(CCN)c2ccc([N+](=O)[O-])cc21. The second-order valence-electron chi connectivity index (χ2n) is 3.76. The van der Waals surface area contributed by atoms with Crippen LogP contribution in [0.3, 0.4) is 0 Å². The molecule has 16 heavy (non-hydrogen) atoms. The molecular weight excluding hydrogens is 206 g/mol. The van der Waals surface area contributed by atoms with Crippen LogP contribution in [0.2, 0.25) is 0 Å². The van der Waals surface area contributed by atoms with Gasteiger partial charge in [0.25, 0.3) is 5.69 Å². The van der Waals surface area contributed by atoms with E-state index in [1.54, 1.807) is 12.1 Å². The molecule has 0 unspecified atom stereocenters. The van der Waals surface area contributed by atoms with Crippen LogP contribution >= 0.6 is 0 Å². The number of hydrogen-bond donors (Lipinski definition) is 1. The minimum absolute atomic E-state index is 0.119. The minimum atomic E-state index is -0.380. The Morgan fingerprint density at radius 2 is 2.25 bits per heavy atom. The largest absolute Gasteiger partial charge is 0.350 e. The summed E-state index contributed by atoms with van der Waals surface area (Å²) < 4.78 is 1.90. The summed E-state index contributed by atoms with van der Waals surface area (Å²) in [6.07, 6.45) is 2.76. The van der Waals surface area contributed by atoms with Gasteiger partial charge in [-0.3, -0.25) is 10.1 Å². The summed E-state index contributed by atoms with van der Waals surface area (Å²) in [7, 11) is 1.88. The molecule has 1 heterocycles. The number of aryl methyl sites for hydroxylation is 1. The summed E-state index contributed by atoms with van der Waals surface area (Å²) in [5.74, 6) is 0. The van der Waals surface area contributed by atoms with Gasteiger partial charge >= 0.3 is 0 Å². The molecule has 1 aromatic carbocycles. The summed E-state index contributed by atoms with van der Waals surface area (Å²) in [6, 6.07) is 4.91. The van der Waals surface area contributed by atoms with E-state index in [0.29, 0.717) is 6.54 Å². The first-order valence-electron chi connectivity index (χ1n) is 5.06. The van der Waals surface area contributed by atoms with Crippen LogP contribution in [0, 0.1) is 10.1 Å². The second kappa shape index (κ2) is 3.94. The van der Waals surface area contributed by atoms with Crippen LogP contribution in [-0.2, 0) is 13.5 Å². The zero-order valence-electron chi connectivity index (χ0n) is 9.01. The Morgan fingerprint density at radius 1 is 1.50 bits per heavy atom. The zero-order chi connectivity index (χ0) is 11.7. The number of fused-ring (bicyclic) bond motifs is 1. The molecule has 2 aromatic rings. The zero-order valence-corrected chi connectivity index (χ0v) is 9.01. The van der Waals surface area contributed by atoms with E-state index in [9.17, 15) is 10.1 Å². The van der Waals surface area contributed by atoms with Gasteiger partial charge in [-0.25, -0.2) is 0 Å². The second-order valence-corrected chi connectivity index (χ2v) is 3.76. The van der Waals surface area contributed by atoms with Gasteiger partial charge in [0.1, 0.15) is 0 Å². The fraction of sp³-hybridized carbons (Fsp3) is 0.273. The highest BCUT2D eigenvalue weighted by Crippen LogP contribution is 2.25. The van der Waals surface area contributed by atoms with Gasteiger partial charge in [-0.1, -0.05) is 0 Å². The number of non-ortho nitro benzene ring substituents is 1. The van der Waals surface area contributed by atoms with Crippen molar-refractivity contribution in [1.82, 2.24) is 4.57 Å². The van der Waals surface area contributed by atoms with Crippen LogP contribution in [0.4, 0.5) is 5.69 Å². The lowest BCUT2D eigenvalue weighted by molar-refractivity contribution is -0.384. The predicted molar refractivity (Wildman–Crippen MR) is 62.3 cm³/mol. The van der Waals surface area contributed by atoms with Crippen LogP contribution in [0.25, 0.3) is 10.9 Å². The van der Waals surface area contributed by atoms with Crippen molar-refractivity contribution in [1.29, 1.82) is 0 Å². The molecule has 2 rings (SSSR count). The maximum absolute atomic E-state index is 10.7. The van der Waals surface area contributed by atoms with Gasteiger partial charge in [-0.05, 0) is 24.6 Å². The van der Waals surface area contributed by atoms with Gasteiger partial charge in [-0.15, -0.1) is 0 Å². The molecule has 5 heteroatoms. The van der Waals surface area contributed by atoms with Gasteiger partial charge in [0.15, 0.2) is 0 Å². The van der Waals surface area contributed by atoms with E-state index in [1.807, 2.05) is 17.8 Å². The Morgan fingerprint density at radius 3 is 2.88 bits per heavy atom. The molecule has 0 atom stereocenters. The highest BCUT2D eigenvalue weighted by molar-refractivity contribution is 5.85. The van der Waals surface area contributed by atoms with Crippen molar-refractivity contribution in [3.05, 3.63) is 40.1 Å². The Hall–Kier alpha value is -1.88. The summed E-state index contributed by atoms with van der Waals surface area (Å²) in [5, 5.41) is 11.7. The lowest BCUT2D eigenvalue weighted by Crippen LogP contribution is -2.01. The van der Waals surface area contributed by atoms with Gasteiger partial charge < -0.3 is 10.3 Å². The molecule has 0 spiro atoms. The maximum atomic E-state index is 10.7. The van der Waals surface area contributed by atoms with Crippen molar-refractivity contribution in [2.45, 2.75) is 6.42 Å². The number of nitro benzene ring substituents is 1. The third-order valence-corrected chi connectivity index (χ3v) is 2.68. The molecule has 0 radical (unpaired) electrons. The summed E-state index contributed by atoms with van der Waals surface area (Å²) in [5.41, 5.74) is 7.65. The standard InChI is InChI=1S/C11H13N3O2/c1-13-7-8(4-5-12)10-3-2-9(14(15)16)6-11(10)13/h2-3,6-7H,4-5,12H2,1H3. The van der Waals surface area contributed by atoms with Crippen molar-refractivity contribution in [2.75, 3.05) is 6.54 Å². The Balaban J connectivity index is 2.61. The highest BCUT2D eigenvalue weighted by atomic mass is 16.6. The normalized spacial score (nSPS) is 10.9. The molecule has 1 aromatic heterocycles. The van der Waals surface area contributed by atoms with Gasteiger partial charge in [0.2, 0.25) is 0 Å². The van der Waals surface area contributed by atoms with Crippen LogP contribution in [0.5, 0.6) is 0 Å². The van der Waals surface area contributed by atoms with Crippen molar-refractivity contribution in [3.63, 3.8) is 0 Å². The molecule has 84 valence electrons. The first kappa shape index (κ1) is 10.6. The monoisotopic (exact) mass is 219 g/mol. The van der Waals surface area contributed by atoms with E-state index in [4.69, 9.17) is 5.73 Å². The molecule has 0 bridgehead atoms. The number of hydrogen-bond acceptors (Lipinski definition) is 3. The first-order valence-corrected chi connectivity index (χ1v) is 5.06. The molecule has 2 N–H and O–H groups in total. The molecule has 0 aliphatic heterocycles. The lowest BCUT2D eigenvalue weighted by Gasteiger charge is -1.96. The quantitative estimate of drug-likeness (QED) is 0.629. The topological polar surface area (TPSA) is 74.1 Å². The van der Waals surface area contributed by atoms with Gasteiger partial charge in [0.05, 0.1) is 10.4 Å². The van der Waals surface area contributed by atoms with E-state index < -0.39 is 0 Å². The number of nitro groups is 1. The minimum Gasteiger partial charge on any atom is -0.350 e. The first-order chi connectivity index (χ1) is 7.63. The van der Waals surface area contributed by atoms with E-state index in [0.717, 1.165) is 22.9 Å². The fourth-order valence-corrected chi connectivity index (χ4v) is 1.92. The Kier molecular flexibility index (Phi) is 2.62. The summed E-state index contributed by atoms with van der Waals surface area (Å²) in [4.78, 5) is 10.3.